The number of amides is 2. The highest BCUT2D eigenvalue weighted by atomic mass is 32.1. The van der Waals surface area contributed by atoms with E-state index in [1.54, 1.807) is 16.2 Å². The molecule has 2 aliphatic rings. The van der Waals surface area contributed by atoms with E-state index >= 15 is 0 Å². The van der Waals surface area contributed by atoms with Crippen LogP contribution in [-0.2, 0) is 9.59 Å². The van der Waals surface area contributed by atoms with Gasteiger partial charge >= 0.3 is 0 Å². The molecule has 6 nitrogen and oxygen atoms in total. The zero-order valence-corrected chi connectivity index (χ0v) is 17.2. The monoisotopic (exact) mass is 398 g/mol. The number of anilines is 2. The third-order valence-electron chi connectivity index (χ3n) is 5.60. The lowest BCUT2D eigenvalue weighted by atomic mass is 10.0. The molecule has 1 atom stereocenters. The zero-order valence-electron chi connectivity index (χ0n) is 16.4. The molecule has 0 bridgehead atoms. The van der Waals surface area contributed by atoms with Crippen molar-refractivity contribution in [3.05, 3.63) is 41.4 Å². The second-order valence-electron chi connectivity index (χ2n) is 7.78. The smallest absolute Gasteiger partial charge is 0.228 e. The summed E-state index contributed by atoms with van der Waals surface area (Å²) in [7, 11) is 0. The van der Waals surface area contributed by atoms with E-state index in [1.807, 2.05) is 28.6 Å². The van der Waals surface area contributed by atoms with Gasteiger partial charge in [0.15, 0.2) is 5.13 Å². The minimum Gasteiger partial charge on any atom is -0.345 e. The van der Waals surface area contributed by atoms with E-state index in [2.05, 4.69) is 35.9 Å². The molecule has 28 heavy (non-hydrogen) atoms. The van der Waals surface area contributed by atoms with Crippen LogP contribution in [-0.4, -0.2) is 54.4 Å². The highest BCUT2D eigenvalue weighted by molar-refractivity contribution is 7.13. The van der Waals surface area contributed by atoms with Crippen molar-refractivity contribution in [3.63, 3.8) is 0 Å². The first-order chi connectivity index (χ1) is 13.5. The quantitative estimate of drug-likeness (QED) is 0.795. The lowest BCUT2D eigenvalue weighted by Crippen LogP contribution is -2.50. The van der Waals surface area contributed by atoms with Crippen LogP contribution in [0.1, 0.15) is 31.7 Å². The van der Waals surface area contributed by atoms with E-state index in [1.165, 1.54) is 5.56 Å². The molecule has 3 heterocycles. The summed E-state index contributed by atoms with van der Waals surface area (Å²) in [6.45, 7) is 7.72. The first-order valence-electron chi connectivity index (χ1n) is 9.86. The van der Waals surface area contributed by atoms with Crippen molar-refractivity contribution in [3.8, 4) is 0 Å². The molecule has 4 rings (SSSR count). The van der Waals surface area contributed by atoms with Gasteiger partial charge in [-0.3, -0.25) is 9.59 Å². The molecular formula is C21H26N4O2S. The van der Waals surface area contributed by atoms with E-state index in [0.29, 0.717) is 32.0 Å². The summed E-state index contributed by atoms with van der Waals surface area (Å²) < 4.78 is 0. The largest absolute Gasteiger partial charge is 0.345 e. The molecule has 1 aromatic carbocycles. The molecule has 2 fully saturated rings. The van der Waals surface area contributed by atoms with E-state index in [-0.39, 0.29) is 17.7 Å². The molecule has 0 unspecified atom stereocenters. The summed E-state index contributed by atoms with van der Waals surface area (Å²) in [5, 5.41) is 2.99. The van der Waals surface area contributed by atoms with Gasteiger partial charge in [0.2, 0.25) is 11.8 Å². The predicted molar refractivity (Wildman–Crippen MR) is 112 cm³/mol. The SMILES string of the molecule is CC(C)c1cccc(N2C[C@H](C(=O)N3CCN(c4nccs4)CC3)CC2=O)c1. The van der Waals surface area contributed by atoms with Crippen LogP contribution >= 0.6 is 11.3 Å². The number of nitrogens with zero attached hydrogens (tertiary/aromatic N) is 4. The number of hydrogen-bond acceptors (Lipinski definition) is 5. The maximum Gasteiger partial charge on any atom is 0.228 e. The molecule has 0 radical (unpaired) electrons. The number of rotatable bonds is 4. The van der Waals surface area contributed by atoms with Crippen molar-refractivity contribution in [1.82, 2.24) is 9.88 Å². The molecule has 0 aliphatic carbocycles. The Labute approximate surface area is 169 Å². The van der Waals surface area contributed by atoms with E-state index < -0.39 is 0 Å². The fourth-order valence-corrected chi connectivity index (χ4v) is 4.62. The van der Waals surface area contributed by atoms with Crippen LogP contribution in [0.4, 0.5) is 10.8 Å². The second-order valence-corrected chi connectivity index (χ2v) is 8.66. The van der Waals surface area contributed by atoms with E-state index in [4.69, 9.17) is 0 Å². The molecular weight excluding hydrogens is 372 g/mol. The zero-order chi connectivity index (χ0) is 19.7. The number of piperazine rings is 1. The van der Waals surface area contributed by atoms with Gasteiger partial charge in [0.1, 0.15) is 0 Å². The fraction of sp³-hybridized carbons (Fsp3) is 0.476. The summed E-state index contributed by atoms with van der Waals surface area (Å²) in [5.74, 6) is 0.307. The van der Waals surface area contributed by atoms with Crippen LogP contribution in [0.25, 0.3) is 0 Å². The molecule has 2 saturated heterocycles. The number of hydrogen-bond donors (Lipinski definition) is 0. The van der Waals surface area contributed by atoms with Crippen LogP contribution in [0, 0.1) is 5.92 Å². The highest BCUT2D eigenvalue weighted by Gasteiger charge is 2.38. The van der Waals surface area contributed by atoms with Crippen molar-refractivity contribution < 1.29 is 9.59 Å². The Hall–Kier alpha value is -2.41. The number of benzene rings is 1. The molecule has 2 aliphatic heterocycles. The van der Waals surface area contributed by atoms with Gasteiger partial charge in [-0.1, -0.05) is 26.0 Å². The standard InChI is InChI=1S/C21H26N4O2S/c1-15(2)16-4-3-5-18(12-16)25-14-17(13-19(25)26)20(27)23-7-9-24(10-8-23)21-22-6-11-28-21/h3-6,11-12,15,17H,7-10,13-14H2,1-2H3/t17-/m1/s1. The molecule has 7 heteroatoms. The Morgan fingerprint density at radius 3 is 2.68 bits per heavy atom. The van der Waals surface area contributed by atoms with Gasteiger partial charge in [-0.05, 0) is 23.6 Å². The Bertz CT molecular complexity index is 844. The highest BCUT2D eigenvalue weighted by Crippen LogP contribution is 2.29. The Morgan fingerprint density at radius 2 is 2.00 bits per heavy atom. The molecule has 0 spiro atoms. The number of carbonyl (C=O) groups is 2. The Balaban J connectivity index is 1.39. The van der Waals surface area contributed by atoms with Crippen molar-refractivity contribution in [2.45, 2.75) is 26.2 Å². The molecule has 0 N–H and O–H groups in total. The van der Waals surface area contributed by atoms with Crippen LogP contribution in [0.15, 0.2) is 35.8 Å². The van der Waals surface area contributed by atoms with Crippen LogP contribution < -0.4 is 9.80 Å². The molecule has 2 aromatic rings. The number of carbonyl (C=O) groups excluding carboxylic acids is 2. The van der Waals surface area contributed by atoms with Gasteiger partial charge in [-0.2, -0.15) is 0 Å². The van der Waals surface area contributed by atoms with Crippen molar-refractivity contribution in [2.75, 3.05) is 42.5 Å². The van der Waals surface area contributed by atoms with E-state index in [0.717, 1.165) is 23.9 Å². The van der Waals surface area contributed by atoms with Crippen LogP contribution in [0.5, 0.6) is 0 Å². The topological polar surface area (TPSA) is 56.8 Å². The van der Waals surface area contributed by atoms with Crippen LogP contribution in [0.3, 0.4) is 0 Å². The average molecular weight is 399 g/mol. The third kappa shape index (κ3) is 3.76. The van der Waals surface area contributed by atoms with E-state index in [9.17, 15) is 9.59 Å². The molecule has 2 amide bonds. The minimum atomic E-state index is -0.249. The summed E-state index contributed by atoms with van der Waals surface area (Å²) in [5.41, 5.74) is 2.11. The van der Waals surface area contributed by atoms with Crippen LogP contribution in [0.2, 0.25) is 0 Å². The fourth-order valence-electron chi connectivity index (χ4n) is 3.92. The second kappa shape index (κ2) is 7.91. The first kappa shape index (κ1) is 18.9. The van der Waals surface area contributed by atoms with Gasteiger partial charge in [0.25, 0.3) is 0 Å². The molecule has 0 saturated carbocycles. The number of thiazole rings is 1. The van der Waals surface area contributed by atoms with Gasteiger partial charge in [-0.25, -0.2) is 4.98 Å². The van der Waals surface area contributed by atoms with Crippen molar-refractivity contribution >= 4 is 34.0 Å². The summed E-state index contributed by atoms with van der Waals surface area (Å²) in [6, 6.07) is 8.11. The van der Waals surface area contributed by atoms with Gasteiger partial charge < -0.3 is 14.7 Å². The molecule has 1 aromatic heterocycles. The average Bonchev–Trinajstić information content (AvgIpc) is 3.38. The first-order valence-corrected chi connectivity index (χ1v) is 10.7. The predicted octanol–water partition coefficient (Wildman–Crippen LogP) is 2.97. The third-order valence-corrected chi connectivity index (χ3v) is 6.44. The maximum atomic E-state index is 13.0. The number of aromatic nitrogens is 1. The summed E-state index contributed by atoms with van der Waals surface area (Å²) in [6.07, 6.45) is 2.11. The van der Waals surface area contributed by atoms with Gasteiger partial charge in [-0.15, -0.1) is 11.3 Å². The summed E-state index contributed by atoms with van der Waals surface area (Å²) in [4.78, 5) is 35.9. The lowest BCUT2D eigenvalue weighted by Gasteiger charge is -2.35. The van der Waals surface area contributed by atoms with Crippen molar-refractivity contribution in [1.29, 1.82) is 0 Å². The summed E-state index contributed by atoms with van der Waals surface area (Å²) >= 11 is 1.63. The normalized spacial score (nSPS) is 20.3. The minimum absolute atomic E-state index is 0.0423. The maximum absolute atomic E-state index is 13.0. The van der Waals surface area contributed by atoms with Crippen molar-refractivity contribution in [2.24, 2.45) is 5.92 Å². The molecule has 148 valence electrons. The van der Waals surface area contributed by atoms with Gasteiger partial charge in [0, 0.05) is 56.4 Å². The van der Waals surface area contributed by atoms with Gasteiger partial charge in [0.05, 0.1) is 5.92 Å². The Morgan fingerprint density at radius 1 is 1.21 bits per heavy atom. The Kier molecular flexibility index (Phi) is 5.35. The lowest BCUT2D eigenvalue weighted by molar-refractivity contribution is -0.136.